The third kappa shape index (κ3) is 7.31. The Balaban J connectivity index is 1.00. The van der Waals surface area contributed by atoms with Crippen molar-refractivity contribution in [2.24, 2.45) is 15.0 Å². The molecule has 0 saturated heterocycles. The van der Waals surface area contributed by atoms with E-state index in [1.54, 1.807) is 0 Å². The Morgan fingerprint density at radius 3 is 1.43 bits per heavy atom. The van der Waals surface area contributed by atoms with Gasteiger partial charge >= 0.3 is 0 Å². The molecule has 1 aliphatic carbocycles. The van der Waals surface area contributed by atoms with Crippen LogP contribution in [0.4, 0.5) is 0 Å². The number of hydrogen-bond acceptors (Lipinski definition) is 1. The van der Waals surface area contributed by atoms with Crippen LogP contribution < -0.4 is 0 Å². The summed E-state index contributed by atoms with van der Waals surface area (Å²) in [7, 11) is 0. The Hall–Kier alpha value is -7.23. The Morgan fingerprint density at radius 2 is 0.857 bits per heavy atom. The number of rotatable bonds is 8. The maximum absolute atomic E-state index is 5.02. The predicted molar refractivity (Wildman–Crippen MR) is 236 cm³/mol. The highest BCUT2D eigenvalue weighted by Crippen LogP contribution is 2.40. The molecule has 0 heterocycles. The van der Waals surface area contributed by atoms with Crippen LogP contribution in [0.2, 0.25) is 0 Å². The van der Waals surface area contributed by atoms with Crippen molar-refractivity contribution in [3.8, 4) is 55.6 Å². The summed E-state index contributed by atoms with van der Waals surface area (Å²) in [4.78, 5) is 14.3. The van der Waals surface area contributed by atoms with Crippen LogP contribution >= 0.6 is 0 Å². The van der Waals surface area contributed by atoms with Crippen molar-refractivity contribution >= 4 is 18.4 Å². The van der Waals surface area contributed by atoms with Crippen molar-refractivity contribution in [3.63, 3.8) is 0 Å². The largest absolute Gasteiger partial charge is 0.261 e. The second-order valence-corrected chi connectivity index (χ2v) is 14.1. The quantitative estimate of drug-likeness (QED) is 0.111. The summed E-state index contributed by atoms with van der Waals surface area (Å²) in [5.41, 5.74) is 17.8. The zero-order valence-electron chi connectivity index (χ0n) is 31.0. The molecule has 0 N–H and O–H groups in total. The fraction of sp³-hybridized carbons (Fsp3) is 0.0377. The minimum Gasteiger partial charge on any atom is -0.261 e. The van der Waals surface area contributed by atoms with Crippen LogP contribution in [0.5, 0.6) is 0 Å². The minimum atomic E-state index is 0.519. The second kappa shape index (κ2) is 15.6. The molecular weight excluding hydrogens is 679 g/mol. The lowest BCUT2D eigenvalue weighted by molar-refractivity contribution is 1.06. The van der Waals surface area contributed by atoms with Gasteiger partial charge in [-0.05, 0) is 110 Å². The lowest BCUT2D eigenvalue weighted by Crippen LogP contribution is -2.06. The normalized spacial score (nSPS) is 12.2. The number of aliphatic imine (C=N–C) groups is 3. The third-order valence-corrected chi connectivity index (χ3v) is 10.5. The van der Waals surface area contributed by atoms with E-state index in [4.69, 9.17) is 9.98 Å². The zero-order valence-corrected chi connectivity index (χ0v) is 31.0. The fourth-order valence-electron chi connectivity index (χ4n) is 7.59. The van der Waals surface area contributed by atoms with Crippen LogP contribution in [0, 0.1) is 0 Å². The van der Waals surface area contributed by atoms with Gasteiger partial charge in [0.2, 0.25) is 0 Å². The van der Waals surface area contributed by atoms with Crippen molar-refractivity contribution in [3.05, 3.63) is 228 Å². The van der Waals surface area contributed by atoms with E-state index in [1.807, 2.05) is 48.5 Å². The topological polar surface area (TPSA) is 37.1 Å². The van der Waals surface area contributed by atoms with Gasteiger partial charge < -0.3 is 0 Å². The van der Waals surface area contributed by atoms with Crippen LogP contribution in [-0.2, 0) is 13.0 Å². The molecule has 0 bridgehead atoms. The smallest absolute Gasteiger partial charge is 0.161 e. The van der Waals surface area contributed by atoms with E-state index < -0.39 is 0 Å². The van der Waals surface area contributed by atoms with Crippen molar-refractivity contribution in [1.29, 1.82) is 0 Å². The first kappa shape index (κ1) is 34.5. The van der Waals surface area contributed by atoms with Gasteiger partial charge in [0.15, 0.2) is 11.7 Å². The van der Waals surface area contributed by atoms with Gasteiger partial charge in [-0.25, -0.2) is 9.98 Å². The summed E-state index contributed by atoms with van der Waals surface area (Å²) in [6, 6.07) is 70.9. The summed E-state index contributed by atoms with van der Waals surface area (Å²) < 4.78 is 0. The zero-order chi connectivity index (χ0) is 37.7. The molecule has 56 heavy (non-hydrogen) atoms. The van der Waals surface area contributed by atoms with E-state index in [0.717, 1.165) is 23.1 Å². The molecular formula is C53H39N3. The molecule has 0 radical (unpaired) electrons. The van der Waals surface area contributed by atoms with Gasteiger partial charge in [-0.15, -0.1) is 0 Å². The molecule has 0 saturated carbocycles. The number of benzene rings is 8. The summed E-state index contributed by atoms with van der Waals surface area (Å²) in [5, 5.41) is 0. The molecule has 0 amide bonds. The molecule has 266 valence electrons. The first-order valence-electron chi connectivity index (χ1n) is 19.0. The van der Waals surface area contributed by atoms with Gasteiger partial charge in [0.25, 0.3) is 0 Å². The van der Waals surface area contributed by atoms with Crippen LogP contribution in [0.3, 0.4) is 0 Å². The number of amidine groups is 2. The predicted octanol–water partition coefficient (Wildman–Crippen LogP) is 13.0. The van der Waals surface area contributed by atoms with E-state index in [0.29, 0.717) is 18.2 Å². The highest BCUT2D eigenvalue weighted by Gasteiger charge is 2.21. The lowest BCUT2D eigenvalue weighted by atomic mass is 9.92. The van der Waals surface area contributed by atoms with Gasteiger partial charge in [-0.2, -0.15) is 0 Å². The minimum absolute atomic E-state index is 0.519. The Morgan fingerprint density at radius 1 is 0.393 bits per heavy atom. The van der Waals surface area contributed by atoms with Gasteiger partial charge in [0.1, 0.15) is 0 Å². The fourth-order valence-corrected chi connectivity index (χ4v) is 7.59. The standard InChI is InChI=1S/C53H39N3/c1-54-52(42-20-12-5-13-21-42)56-53(55-36-37-14-6-2-7-15-37)44-27-29-51-49(31-44)35-48-30-43(26-28-50(48)51)40-22-24-41(25-23-40)47-33-45(38-16-8-3-9-17-38)32-46(34-47)39-18-10-4-11-19-39/h2-34H,1,35-36H2. The van der Waals surface area contributed by atoms with Crippen molar-refractivity contribution in [2.45, 2.75) is 13.0 Å². The molecule has 3 nitrogen and oxygen atoms in total. The maximum Gasteiger partial charge on any atom is 0.161 e. The molecule has 8 aromatic carbocycles. The summed E-state index contributed by atoms with van der Waals surface area (Å²) >= 11 is 0. The molecule has 3 heteroatoms. The van der Waals surface area contributed by atoms with Gasteiger partial charge in [0.05, 0.1) is 6.54 Å². The number of hydrogen-bond donors (Lipinski definition) is 0. The SMILES string of the molecule is C=NC(=NC(=NCc1ccccc1)c1ccc2c(c1)Cc1cc(-c3ccc(-c4cc(-c5ccccc5)cc(-c5ccccc5)c4)cc3)ccc1-2)c1ccccc1. The molecule has 0 unspecified atom stereocenters. The van der Waals surface area contributed by atoms with Gasteiger partial charge in [-0.1, -0.05) is 176 Å². The van der Waals surface area contributed by atoms with E-state index in [9.17, 15) is 0 Å². The Labute approximate surface area is 328 Å². The van der Waals surface area contributed by atoms with E-state index >= 15 is 0 Å². The highest BCUT2D eigenvalue weighted by molar-refractivity contribution is 6.13. The second-order valence-electron chi connectivity index (χ2n) is 14.1. The molecule has 0 fully saturated rings. The van der Waals surface area contributed by atoms with E-state index in [1.165, 1.54) is 66.8 Å². The van der Waals surface area contributed by atoms with Crippen molar-refractivity contribution in [2.75, 3.05) is 0 Å². The first-order chi connectivity index (χ1) is 27.7. The highest BCUT2D eigenvalue weighted by atomic mass is 15.0. The molecule has 0 aromatic heterocycles. The third-order valence-electron chi connectivity index (χ3n) is 10.5. The van der Waals surface area contributed by atoms with Gasteiger partial charge in [0, 0.05) is 11.1 Å². The van der Waals surface area contributed by atoms with Crippen LogP contribution in [0.15, 0.2) is 215 Å². The summed E-state index contributed by atoms with van der Waals surface area (Å²) in [6.45, 7) is 4.35. The molecule has 8 aromatic rings. The number of fused-ring (bicyclic) bond motifs is 3. The average Bonchev–Trinajstić information content (AvgIpc) is 3.65. The van der Waals surface area contributed by atoms with Crippen LogP contribution in [0.1, 0.15) is 27.8 Å². The van der Waals surface area contributed by atoms with E-state index in [-0.39, 0.29) is 0 Å². The molecule has 9 rings (SSSR count). The van der Waals surface area contributed by atoms with Crippen LogP contribution in [-0.4, -0.2) is 18.4 Å². The molecule has 0 atom stereocenters. The molecule has 0 spiro atoms. The lowest BCUT2D eigenvalue weighted by Gasteiger charge is -2.12. The Bertz CT molecular complexity index is 2660. The summed E-state index contributed by atoms with van der Waals surface area (Å²) in [6.07, 6.45) is 0.847. The Kier molecular flexibility index (Phi) is 9.64. The van der Waals surface area contributed by atoms with Crippen molar-refractivity contribution in [1.82, 2.24) is 0 Å². The maximum atomic E-state index is 5.02. The first-order valence-corrected chi connectivity index (χ1v) is 19.0. The van der Waals surface area contributed by atoms with Crippen molar-refractivity contribution < 1.29 is 0 Å². The van der Waals surface area contributed by atoms with Gasteiger partial charge in [-0.3, -0.25) is 4.99 Å². The van der Waals surface area contributed by atoms with Crippen LogP contribution in [0.25, 0.3) is 55.6 Å². The molecule has 1 aliphatic rings. The molecule has 0 aliphatic heterocycles. The average molecular weight is 718 g/mol. The monoisotopic (exact) mass is 717 g/mol. The summed E-state index contributed by atoms with van der Waals surface area (Å²) in [5.74, 6) is 1.20. The van der Waals surface area contributed by atoms with E-state index in [2.05, 4.69) is 163 Å². The number of nitrogens with zero attached hydrogens (tertiary/aromatic N) is 3.